The topological polar surface area (TPSA) is 78.9 Å². The summed E-state index contributed by atoms with van der Waals surface area (Å²) in [4.78, 5) is 25.6. The standard InChI is InChI=1S/C14H24N2O4/c1-3-10-9-20-8-7-16(10)13(19)15-11-5-4-6-14(11,2)12(17)18/h10-11H,3-9H2,1-2H3,(H,15,19)(H,17,18). The third-order valence-corrected chi connectivity index (χ3v) is 4.70. The van der Waals surface area contributed by atoms with Crippen molar-refractivity contribution in [2.75, 3.05) is 19.8 Å². The molecular weight excluding hydrogens is 260 g/mol. The van der Waals surface area contributed by atoms with E-state index in [1.54, 1.807) is 11.8 Å². The molecule has 1 saturated heterocycles. The van der Waals surface area contributed by atoms with Crippen LogP contribution in [-0.2, 0) is 9.53 Å². The van der Waals surface area contributed by atoms with E-state index < -0.39 is 11.4 Å². The maximum atomic E-state index is 12.4. The number of amides is 2. The molecule has 2 N–H and O–H groups in total. The number of carboxylic acid groups (broad SMARTS) is 1. The van der Waals surface area contributed by atoms with Crippen molar-refractivity contribution >= 4 is 12.0 Å². The molecule has 2 amide bonds. The van der Waals surface area contributed by atoms with Gasteiger partial charge < -0.3 is 20.1 Å². The molecule has 1 aliphatic heterocycles. The number of carbonyl (C=O) groups excluding carboxylic acids is 1. The van der Waals surface area contributed by atoms with Crippen LogP contribution in [0.1, 0.15) is 39.5 Å². The van der Waals surface area contributed by atoms with Crippen molar-refractivity contribution in [2.45, 2.75) is 51.6 Å². The van der Waals surface area contributed by atoms with Gasteiger partial charge in [-0.2, -0.15) is 0 Å². The highest BCUT2D eigenvalue weighted by Crippen LogP contribution is 2.38. The molecule has 2 rings (SSSR count). The van der Waals surface area contributed by atoms with Crippen molar-refractivity contribution in [3.63, 3.8) is 0 Å². The minimum Gasteiger partial charge on any atom is -0.481 e. The van der Waals surface area contributed by atoms with E-state index in [0.29, 0.717) is 26.2 Å². The number of morpholine rings is 1. The number of urea groups is 1. The van der Waals surface area contributed by atoms with Crippen molar-refractivity contribution in [3.05, 3.63) is 0 Å². The van der Waals surface area contributed by atoms with Crippen LogP contribution in [0.2, 0.25) is 0 Å². The van der Waals surface area contributed by atoms with Crippen molar-refractivity contribution in [2.24, 2.45) is 5.41 Å². The predicted octanol–water partition coefficient (Wildman–Crippen LogP) is 1.45. The van der Waals surface area contributed by atoms with Gasteiger partial charge in [0, 0.05) is 12.6 Å². The molecule has 0 bridgehead atoms. The molecule has 2 aliphatic rings. The summed E-state index contributed by atoms with van der Waals surface area (Å²) in [7, 11) is 0. The van der Waals surface area contributed by atoms with Crippen molar-refractivity contribution in [1.29, 1.82) is 0 Å². The number of hydrogen-bond donors (Lipinski definition) is 2. The van der Waals surface area contributed by atoms with Gasteiger partial charge in [-0.15, -0.1) is 0 Å². The van der Waals surface area contributed by atoms with Crippen LogP contribution < -0.4 is 5.32 Å². The Labute approximate surface area is 119 Å². The molecule has 114 valence electrons. The Hall–Kier alpha value is -1.30. The van der Waals surface area contributed by atoms with Gasteiger partial charge in [0.25, 0.3) is 0 Å². The number of ether oxygens (including phenoxy) is 1. The number of aliphatic carboxylic acids is 1. The number of rotatable bonds is 3. The lowest BCUT2D eigenvalue weighted by atomic mass is 9.85. The summed E-state index contributed by atoms with van der Waals surface area (Å²) >= 11 is 0. The minimum absolute atomic E-state index is 0.0845. The first-order valence-electron chi connectivity index (χ1n) is 7.37. The molecular formula is C14H24N2O4. The van der Waals surface area contributed by atoms with Crippen LogP contribution in [0.15, 0.2) is 0 Å². The van der Waals surface area contributed by atoms with Crippen molar-refractivity contribution in [1.82, 2.24) is 10.2 Å². The Morgan fingerprint density at radius 1 is 1.50 bits per heavy atom. The zero-order valence-electron chi connectivity index (χ0n) is 12.2. The first kappa shape index (κ1) is 15.1. The monoisotopic (exact) mass is 284 g/mol. The van der Waals surface area contributed by atoms with E-state index in [2.05, 4.69) is 5.32 Å². The van der Waals surface area contributed by atoms with Crippen LogP contribution in [0.3, 0.4) is 0 Å². The third kappa shape index (κ3) is 2.75. The van der Waals surface area contributed by atoms with Gasteiger partial charge in [0.05, 0.1) is 24.7 Å². The van der Waals surface area contributed by atoms with Gasteiger partial charge in [0.15, 0.2) is 0 Å². The van der Waals surface area contributed by atoms with E-state index in [-0.39, 0.29) is 18.1 Å². The summed E-state index contributed by atoms with van der Waals surface area (Å²) in [6.07, 6.45) is 3.03. The Balaban J connectivity index is 2.01. The Morgan fingerprint density at radius 2 is 2.25 bits per heavy atom. The first-order valence-corrected chi connectivity index (χ1v) is 7.37. The fourth-order valence-corrected chi connectivity index (χ4v) is 3.15. The highest BCUT2D eigenvalue weighted by molar-refractivity contribution is 5.79. The molecule has 0 aromatic carbocycles. The normalized spacial score (nSPS) is 34.0. The quantitative estimate of drug-likeness (QED) is 0.822. The fourth-order valence-electron chi connectivity index (χ4n) is 3.15. The summed E-state index contributed by atoms with van der Waals surface area (Å²) in [5.74, 6) is -0.825. The number of nitrogens with zero attached hydrogens (tertiary/aromatic N) is 1. The largest absolute Gasteiger partial charge is 0.481 e. The highest BCUT2D eigenvalue weighted by Gasteiger charge is 2.46. The zero-order valence-corrected chi connectivity index (χ0v) is 12.2. The molecule has 0 spiro atoms. The maximum absolute atomic E-state index is 12.4. The Kier molecular flexibility index (Phi) is 4.52. The van der Waals surface area contributed by atoms with E-state index in [1.165, 1.54) is 0 Å². The predicted molar refractivity (Wildman–Crippen MR) is 73.5 cm³/mol. The molecule has 6 nitrogen and oxygen atoms in total. The SMILES string of the molecule is CCC1COCCN1C(=O)NC1CCCC1(C)C(=O)O. The summed E-state index contributed by atoms with van der Waals surface area (Å²) in [5, 5.41) is 12.3. The van der Waals surface area contributed by atoms with E-state index in [4.69, 9.17) is 4.74 Å². The van der Waals surface area contributed by atoms with Gasteiger partial charge in [-0.1, -0.05) is 13.3 Å². The average Bonchev–Trinajstić information content (AvgIpc) is 2.81. The van der Waals surface area contributed by atoms with E-state index in [1.807, 2.05) is 6.92 Å². The molecule has 1 aliphatic carbocycles. The molecule has 6 heteroatoms. The molecule has 3 unspecified atom stereocenters. The zero-order chi connectivity index (χ0) is 14.8. The first-order chi connectivity index (χ1) is 9.49. The fraction of sp³-hybridized carbons (Fsp3) is 0.857. The lowest BCUT2D eigenvalue weighted by Crippen LogP contribution is -2.56. The van der Waals surface area contributed by atoms with E-state index in [0.717, 1.165) is 19.3 Å². The van der Waals surface area contributed by atoms with Gasteiger partial charge in [-0.05, 0) is 26.2 Å². The van der Waals surface area contributed by atoms with Crippen LogP contribution in [0, 0.1) is 5.41 Å². The number of nitrogens with one attached hydrogen (secondary N) is 1. The Bertz CT molecular complexity index is 387. The molecule has 0 aromatic heterocycles. The molecule has 2 fully saturated rings. The molecule has 1 saturated carbocycles. The van der Waals surface area contributed by atoms with Gasteiger partial charge in [0.2, 0.25) is 0 Å². The second-order valence-corrected chi connectivity index (χ2v) is 5.95. The van der Waals surface area contributed by atoms with Crippen molar-refractivity contribution < 1.29 is 19.4 Å². The summed E-state index contributed by atoms with van der Waals surface area (Å²) in [5.41, 5.74) is -0.844. The summed E-state index contributed by atoms with van der Waals surface area (Å²) in [6.45, 7) is 5.43. The highest BCUT2D eigenvalue weighted by atomic mass is 16.5. The van der Waals surface area contributed by atoms with Gasteiger partial charge in [0.1, 0.15) is 0 Å². The number of carbonyl (C=O) groups is 2. The lowest BCUT2D eigenvalue weighted by Gasteiger charge is -2.37. The second-order valence-electron chi connectivity index (χ2n) is 5.95. The molecule has 0 aromatic rings. The molecule has 20 heavy (non-hydrogen) atoms. The summed E-state index contributed by atoms with van der Waals surface area (Å²) in [6, 6.07) is -0.353. The van der Waals surface area contributed by atoms with E-state index >= 15 is 0 Å². The smallest absolute Gasteiger partial charge is 0.318 e. The average molecular weight is 284 g/mol. The molecule has 1 heterocycles. The number of hydrogen-bond acceptors (Lipinski definition) is 3. The van der Waals surface area contributed by atoms with Crippen LogP contribution in [-0.4, -0.2) is 53.8 Å². The van der Waals surface area contributed by atoms with Gasteiger partial charge >= 0.3 is 12.0 Å². The molecule has 3 atom stereocenters. The van der Waals surface area contributed by atoms with Crippen LogP contribution in [0.25, 0.3) is 0 Å². The maximum Gasteiger partial charge on any atom is 0.318 e. The Morgan fingerprint density at radius 3 is 2.90 bits per heavy atom. The van der Waals surface area contributed by atoms with Crippen LogP contribution in [0.5, 0.6) is 0 Å². The minimum atomic E-state index is -0.844. The van der Waals surface area contributed by atoms with E-state index in [9.17, 15) is 14.7 Å². The number of carboxylic acids is 1. The van der Waals surface area contributed by atoms with Crippen molar-refractivity contribution in [3.8, 4) is 0 Å². The van der Waals surface area contributed by atoms with Gasteiger partial charge in [-0.3, -0.25) is 4.79 Å². The summed E-state index contributed by atoms with van der Waals surface area (Å²) < 4.78 is 5.39. The third-order valence-electron chi connectivity index (χ3n) is 4.70. The van der Waals surface area contributed by atoms with Crippen LogP contribution in [0.4, 0.5) is 4.79 Å². The lowest BCUT2D eigenvalue weighted by molar-refractivity contribution is -0.148. The van der Waals surface area contributed by atoms with Gasteiger partial charge in [-0.25, -0.2) is 4.79 Å². The second kappa shape index (κ2) is 5.99. The van der Waals surface area contributed by atoms with Crippen LogP contribution >= 0.6 is 0 Å². The molecule has 0 radical (unpaired) electrons.